The number of amides is 1. The van der Waals surface area contributed by atoms with Crippen molar-refractivity contribution >= 4 is 22.0 Å². The highest BCUT2D eigenvalue weighted by atomic mass is 32.2. The van der Waals surface area contributed by atoms with Gasteiger partial charge in [-0.05, 0) is 30.5 Å². The Morgan fingerprint density at radius 2 is 2.00 bits per heavy atom. The highest BCUT2D eigenvalue weighted by Gasteiger charge is 2.38. The van der Waals surface area contributed by atoms with Crippen molar-refractivity contribution in [1.82, 2.24) is 4.72 Å². The van der Waals surface area contributed by atoms with Gasteiger partial charge in [-0.2, -0.15) is 8.42 Å². The fourth-order valence-corrected chi connectivity index (χ4v) is 3.22. The van der Waals surface area contributed by atoms with E-state index >= 15 is 0 Å². The molecule has 0 atom stereocenters. The van der Waals surface area contributed by atoms with Crippen LogP contribution in [0.4, 0.5) is 10.5 Å². The molecule has 8 heteroatoms. The third-order valence-electron chi connectivity index (χ3n) is 2.96. The Hall–Kier alpha value is -1.80. The zero-order valence-electron chi connectivity index (χ0n) is 11.1. The Morgan fingerprint density at radius 1 is 1.40 bits per heavy atom. The fourth-order valence-electron chi connectivity index (χ4n) is 1.83. The average Bonchev–Trinajstić information content (AvgIpc) is 3.23. The van der Waals surface area contributed by atoms with Crippen LogP contribution in [0.1, 0.15) is 18.4 Å². The molecule has 0 radical (unpaired) electrons. The van der Waals surface area contributed by atoms with Crippen LogP contribution in [0.2, 0.25) is 0 Å². The zero-order valence-corrected chi connectivity index (χ0v) is 11.9. The number of nitrogens with one attached hydrogen (secondary N) is 1. The standard InChI is InChI=1S/C12H17N3O4S/c1-19-12(16)14-20(17,18)15(11-6-7-11)10-4-2-9(8-13)3-5-10/h2-5,11H,6-8,13H2,1H3,(H,14,16). The summed E-state index contributed by atoms with van der Waals surface area (Å²) in [6.45, 7) is 0.386. The molecule has 7 nitrogen and oxygen atoms in total. The summed E-state index contributed by atoms with van der Waals surface area (Å²) in [6.07, 6.45) is 0.524. The van der Waals surface area contributed by atoms with Gasteiger partial charge in [-0.3, -0.25) is 4.31 Å². The van der Waals surface area contributed by atoms with Gasteiger partial charge in [0.15, 0.2) is 0 Å². The summed E-state index contributed by atoms with van der Waals surface area (Å²) >= 11 is 0. The minimum absolute atomic E-state index is 0.124. The summed E-state index contributed by atoms with van der Waals surface area (Å²) in [4.78, 5) is 11.2. The lowest BCUT2D eigenvalue weighted by Crippen LogP contribution is -2.44. The number of nitrogens with zero attached hydrogens (tertiary/aromatic N) is 1. The molecular formula is C12H17N3O4S. The molecular weight excluding hydrogens is 282 g/mol. The Balaban J connectivity index is 2.28. The van der Waals surface area contributed by atoms with E-state index in [2.05, 4.69) is 4.74 Å². The SMILES string of the molecule is COC(=O)NS(=O)(=O)N(c1ccc(CN)cc1)C1CC1. The van der Waals surface area contributed by atoms with E-state index in [-0.39, 0.29) is 6.04 Å². The Kier molecular flexibility index (Phi) is 4.15. The fraction of sp³-hybridized carbons (Fsp3) is 0.417. The van der Waals surface area contributed by atoms with Crippen LogP contribution in [-0.4, -0.2) is 27.7 Å². The predicted octanol–water partition coefficient (Wildman–Crippen LogP) is 0.715. The molecule has 3 N–H and O–H groups in total. The first-order valence-corrected chi connectivity index (χ1v) is 7.61. The summed E-state index contributed by atoms with van der Waals surface area (Å²) in [5.74, 6) is 0. The topological polar surface area (TPSA) is 102 Å². The molecule has 1 saturated carbocycles. The molecule has 0 saturated heterocycles. The molecule has 1 aromatic carbocycles. The van der Waals surface area contributed by atoms with Gasteiger partial charge >= 0.3 is 16.3 Å². The molecule has 0 spiro atoms. The summed E-state index contributed by atoms with van der Waals surface area (Å²) in [7, 11) is -2.85. The molecule has 1 aliphatic rings. The van der Waals surface area contributed by atoms with Gasteiger partial charge in [0.05, 0.1) is 12.8 Å². The van der Waals surface area contributed by atoms with Gasteiger partial charge < -0.3 is 10.5 Å². The van der Waals surface area contributed by atoms with Crippen LogP contribution in [0.3, 0.4) is 0 Å². The van der Waals surface area contributed by atoms with Gasteiger partial charge in [-0.25, -0.2) is 9.52 Å². The quantitative estimate of drug-likeness (QED) is 0.834. The van der Waals surface area contributed by atoms with Gasteiger partial charge in [0.25, 0.3) is 0 Å². The van der Waals surface area contributed by atoms with E-state index in [1.807, 2.05) is 4.72 Å². The molecule has 0 aromatic heterocycles. The van der Waals surface area contributed by atoms with E-state index in [4.69, 9.17) is 5.73 Å². The molecule has 0 unspecified atom stereocenters. The largest absolute Gasteiger partial charge is 0.452 e. The van der Waals surface area contributed by atoms with Gasteiger partial charge in [-0.1, -0.05) is 12.1 Å². The number of hydrogen-bond donors (Lipinski definition) is 2. The third-order valence-corrected chi connectivity index (χ3v) is 4.41. The minimum atomic E-state index is -3.97. The lowest BCUT2D eigenvalue weighted by molar-refractivity contribution is 0.177. The molecule has 110 valence electrons. The normalized spacial score (nSPS) is 14.7. The van der Waals surface area contributed by atoms with Crippen LogP contribution in [-0.2, 0) is 21.5 Å². The first-order chi connectivity index (χ1) is 9.47. The number of carbonyl (C=O) groups excluding carboxylic acids is 1. The smallest absolute Gasteiger partial charge is 0.422 e. The van der Waals surface area contributed by atoms with Crippen LogP contribution in [0.25, 0.3) is 0 Å². The van der Waals surface area contributed by atoms with E-state index in [0.717, 1.165) is 25.5 Å². The molecule has 1 amide bonds. The van der Waals surface area contributed by atoms with E-state index in [1.165, 1.54) is 4.31 Å². The van der Waals surface area contributed by atoms with Crippen molar-refractivity contribution in [3.05, 3.63) is 29.8 Å². The molecule has 1 aliphatic carbocycles. The molecule has 2 rings (SSSR count). The van der Waals surface area contributed by atoms with Crippen LogP contribution in [0.5, 0.6) is 0 Å². The van der Waals surface area contributed by atoms with Crippen molar-refractivity contribution < 1.29 is 17.9 Å². The molecule has 0 aliphatic heterocycles. The molecule has 20 heavy (non-hydrogen) atoms. The third kappa shape index (κ3) is 3.20. The number of carbonyl (C=O) groups is 1. The summed E-state index contributed by atoms with van der Waals surface area (Å²) in [5, 5.41) is 0. The van der Waals surface area contributed by atoms with Crippen LogP contribution in [0, 0.1) is 0 Å². The average molecular weight is 299 g/mol. The van der Waals surface area contributed by atoms with E-state index in [9.17, 15) is 13.2 Å². The lowest BCUT2D eigenvalue weighted by atomic mass is 10.2. The number of ether oxygens (including phenoxy) is 1. The van der Waals surface area contributed by atoms with Gasteiger partial charge in [0.1, 0.15) is 0 Å². The second kappa shape index (κ2) is 5.68. The number of methoxy groups -OCH3 is 1. The van der Waals surface area contributed by atoms with Gasteiger partial charge in [0.2, 0.25) is 0 Å². The van der Waals surface area contributed by atoms with Crippen molar-refractivity contribution in [3.63, 3.8) is 0 Å². The van der Waals surface area contributed by atoms with Gasteiger partial charge in [-0.15, -0.1) is 0 Å². The van der Waals surface area contributed by atoms with Crippen molar-refractivity contribution in [2.24, 2.45) is 5.73 Å². The Bertz CT molecular complexity index is 581. The predicted molar refractivity (Wildman–Crippen MR) is 74.3 cm³/mol. The number of rotatable bonds is 5. The first kappa shape index (κ1) is 14.6. The molecule has 1 aromatic rings. The van der Waals surface area contributed by atoms with Crippen LogP contribution >= 0.6 is 0 Å². The number of anilines is 1. The van der Waals surface area contributed by atoms with Crippen LogP contribution in [0.15, 0.2) is 24.3 Å². The van der Waals surface area contributed by atoms with Crippen molar-refractivity contribution in [1.29, 1.82) is 0 Å². The zero-order chi connectivity index (χ0) is 14.8. The number of nitrogens with two attached hydrogens (primary N) is 1. The molecule has 0 bridgehead atoms. The summed E-state index contributed by atoms with van der Waals surface area (Å²) in [5.41, 5.74) is 6.92. The monoisotopic (exact) mass is 299 g/mol. The van der Waals surface area contributed by atoms with E-state index < -0.39 is 16.3 Å². The van der Waals surface area contributed by atoms with Gasteiger partial charge in [0, 0.05) is 12.6 Å². The molecule has 1 fully saturated rings. The van der Waals surface area contributed by atoms with E-state index in [1.54, 1.807) is 24.3 Å². The number of hydrogen-bond acceptors (Lipinski definition) is 5. The minimum Gasteiger partial charge on any atom is -0.452 e. The molecule has 0 heterocycles. The second-order valence-corrected chi connectivity index (χ2v) is 6.04. The van der Waals surface area contributed by atoms with E-state index in [0.29, 0.717) is 12.2 Å². The van der Waals surface area contributed by atoms with Crippen molar-refractivity contribution in [3.8, 4) is 0 Å². The number of benzene rings is 1. The maximum Gasteiger partial charge on any atom is 0.422 e. The maximum atomic E-state index is 12.2. The summed E-state index contributed by atoms with van der Waals surface area (Å²) < 4.78 is 31.9. The highest BCUT2D eigenvalue weighted by molar-refractivity contribution is 7.91. The van der Waals surface area contributed by atoms with Crippen LogP contribution < -0.4 is 14.8 Å². The summed E-state index contributed by atoms with van der Waals surface area (Å²) in [6, 6.07) is 6.76. The maximum absolute atomic E-state index is 12.2. The second-order valence-electron chi connectivity index (χ2n) is 4.50. The highest BCUT2D eigenvalue weighted by Crippen LogP contribution is 2.33. The van der Waals surface area contributed by atoms with Crippen molar-refractivity contribution in [2.75, 3.05) is 11.4 Å². The van der Waals surface area contributed by atoms with Crippen molar-refractivity contribution in [2.45, 2.75) is 25.4 Å². The first-order valence-electron chi connectivity index (χ1n) is 6.17. The lowest BCUT2D eigenvalue weighted by Gasteiger charge is -2.24. The Labute approximate surface area is 117 Å². The Morgan fingerprint density at radius 3 is 2.45 bits per heavy atom.